The van der Waals surface area contributed by atoms with Crippen LogP contribution in [0, 0.1) is 17.0 Å². The standard InChI is InChI=1S/C13H12N4O4/c1-8-5-15-10(6-14-8)7-16-11-4-9(13(18)19)2-3-12(11)17(20)21/h2-6,16H,7H2,1H3,(H,18,19). The summed E-state index contributed by atoms with van der Waals surface area (Å²) in [7, 11) is 0. The molecule has 2 rings (SSSR count). The van der Waals surface area contributed by atoms with Crippen molar-refractivity contribution in [1.82, 2.24) is 9.97 Å². The SMILES string of the molecule is Cc1cnc(CNc2cc(C(=O)O)ccc2[N+](=O)[O-])cn1. The molecule has 0 atom stereocenters. The van der Waals surface area contributed by atoms with Crippen LogP contribution in [0.25, 0.3) is 0 Å². The summed E-state index contributed by atoms with van der Waals surface area (Å²) in [5, 5.41) is 22.7. The number of hydrogen-bond acceptors (Lipinski definition) is 6. The van der Waals surface area contributed by atoms with Crippen LogP contribution in [-0.2, 0) is 6.54 Å². The predicted octanol–water partition coefficient (Wildman–Crippen LogP) is 2.00. The van der Waals surface area contributed by atoms with Crippen molar-refractivity contribution in [3.05, 3.63) is 57.7 Å². The first-order valence-corrected chi connectivity index (χ1v) is 6.00. The van der Waals surface area contributed by atoms with Gasteiger partial charge in [-0.2, -0.15) is 0 Å². The zero-order valence-corrected chi connectivity index (χ0v) is 11.1. The van der Waals surface area contributed by atoms with Gasteiger partial charge in [0, 0.05) is 12.3 Å². The number of nitro benzene ring substituents is 1. The molecule has 0 aliphatic heterocycles. The minimum absolute atomic E-state index is 0.0295. The zero-order chi connectivity index (χ0) is 15.4. The highest BCUT2D eigenvalue weighted by molar-refractivity contribution is 5.90. The van der Waals surface area contributed by atoms with Gasteiger partial charge in [0.15, 0.2) is 0 Å². The summed E-state index contributed by atoms with van der Waals surface area (Å²) in [6.45, 7) is 2.00. The van der Waals surface area contributed by atoms with E-state index < -0.39 is 10.9 Å². The molecule has 0 spiro atoms. The number of hydrogen-bond donors (Lipinski definition) is 2. The molecule has 0 radical (unpaired) electrons. The monoisotopic (exact) mass is 288 g/mol. The first-order valence-electron chi connectivity index (χ1n) is 6.00. The fraction of sp³-hybridized carbons (Fsp3) is 0.154. The van der Waals surface area contributed by atoms with Gasteiger partial charge >= 0.3 is 5.97 Å². The predicted molar refractivity (Wildman–Crippen MR) is 74.2 cm³/mol. The van der Waals surface area contributed by atoms with E-state index >= 15 is 0 Å². The van der Waals surface area contributed by atoms with Crippen molar-refractivity contribution < 1.29 is 14.8 Å². The lowest BCUT2D eigenvalue weighted by atomic mass is 10.1. The van der Waals surface area contributed by atoms with Gasteiger partial charge in [-0.1, -0.05) is 0 Å². The quantitative estimate of drug-likeness (QED) is 0.638. The number of carbonyl (C=O) groups is 1. The van der Waals surface area contributed by atoms with E-state index in [9.17, 15) is 14.9 Å². The van der Waals surface area contributed by atoms with Crippen molar-refractivity contribution in [2.24, 2.45) is 0 Å². The van der Waals surface area contributed by atoms with Gasteiger partial charge in [0.2, 0.25) is 0 Å². The fourth-order valence-electron chi connectivity index (χ4n) is 1.67. The molecule has 21 heavy (non-hydrogen) atoms. The van der Waals surface area contributed by atoms with Crippen LogP contribution in [0.5, 0.6) is 0 Å². The van der Waals surface area contributed by atoms with Crippen molar-refractivity contribution in [3.63, 3.8) is 0 Å². The lowest BCUT2D eigenvalue weighted by Gasteiger charge is -2.07. The van der Waals surface area contributed by atoms with Crippen molar-refractivity contribution in [1.29, 1.82) is 0 Å². The number of nitrogens with one attached hydrogen (secondary N) is 1. The van der Waals surface area contributed by atoms with Gasteiger partial charge in [-0.3, -0.25) is 20.1 Å². The number of aromatic nitrogens is 2. The van der Waals surface area contributed by atoms with E-state index in [0.29, 0.717) is 5.69 Å². The number of carboxylic acids is 1. The summed E-state index contributed by atoms with van der Waals surface area (Å²) in [6.07, 6.45) is 3.13. The minimum Gasteiger partial charge on any atom is -0.478 e. The second-order valence-electron chi connectivity index (χ2n) is 4.30. The van der Waals surface area contributed by atoms with Crippen LogP contribution in [0.4, 0.5) is 11.4 Å². The number of aryl methyl sites for hydroxylation is 1. The molecular formula is C13H12N4O4. The topological polar surface area (TPSA) is 118 Å². The van der Waals surface area contributed by atoms with Crippen LogP contribution in [0.3, 0.4) is 0 Å². The average molecular weight is 288 g/mol. The number of benzene rings is 1. The van der Waals surface area contributed by atoms with Gasteiger partial charge in [0.25, 0.3) is 5.69 Å². The fourth-order valence-corrected chi connectivity index (χ4v) is 1.67. The summed E-state index contributed by atoms with van der Waals surface area (Å²) in [5.74, 6) is -1.15. The maximum atomic E-state index is 10.9. The first kappa shape index (κ1) is 14.4. The molecule has 0 aliphatic rings. The number of aromatic carboxylic acids is 1. The van der Waals surface area contributed by atoms with Crippen LogP contribution < -0.4 is 5.32 Å². The molecule has 1 heterocycles. The highest BCUT2D eigenvalue weighted by Crippen LogP contribution is 2.25. The number of nitro groups is 1. The largest absolute Gasteiger partial charge is 0.478 e. The Labute approximate surface area is 119 Å². The molecule has 1 aromatic carbocycles. The van der Waals surface area contributed by atoms with Crippen LogP contribution in [0.15, 0.2) is 30.6 Å². The summed E-state index contributed by atoms with van der Waals surface area (Å²) < 4.78 is 0. The Kier molecular flexibility index (Phi) is 4.07. The van der Waals surface area contributed by atoms with Crippen LogP contribution in [-0.4, -0.2) is 26.0 Å². The lowest BCUT2D eigenvalue weighted by Crippen LogP contribution is -2.06. The van der Waals surface area contributed by atoms with E-state index in [-0.39, 0.29) is 23.5 Å². The van der Waals surface area contributed by atoms with Crippen molar-refractivity contribution in [2.75, 3.05) is 5.32 Å². The van der Waals surface area contributed by atoms with E-state index in [4.69, 9.17) is 5.11 Å². The molecule has 2 aromatic rings. The molecule has 0 bridgehead atoms. The Bertz CT molecular complexity index is 685. The van der Waals surface area contributed by atoms with E-state index in [1.54, 1.807) is 19.3 Å². The van der Waals surface area contributed by atoms with Crippen molar-refractivity contribution >= 4 is 17.3 Å². The molecule has 0 saturated heterocycles. The second-order valence-corrected chi connectivity index (χ2v) is 4.30. The maximum absolute atomic E-state index is 10.9. The molecule has 2 N–H and O–H groups in total. The molecule has 8 nitrogen and oxygen atoms in total. The van der Waals surface area contributed by atoms with Gasteiger partial charge in [-0.05, 0) is 19.1 Å². The van der Waals surface area contributed by atoms with Crippen molar-refractivity contribution in [2.45, 2.75) is 13.5 Å². The number of carboxylic acid groups (broad SMARTS) is 1. The Morgan fingerprint density at radius 1 is 1.38 bits per heavy atom. The Hall–Kier alpha value is -3.03. The highest BCUT2D eigenvalue weighted by Gasteiger charge is 2.16. The third-order valence-corrected chi connectivity index (χ3v) is 2.73. The lowest BCUT2D eigenvalue weighted by molar-refractivity contribution is -0.384. The van der Waals surface area contributed by atoms with E-state index in [0.717, 1.165) is 11.8 Å². The van der Waals surface area contributed by atoms with Crippen LogP contribution in [0.1, 0.15) is 21.7 Å². The maximum Gasteiger partial charge on any atom is 0.335 e. The van der Waals surface area contributed by atoms with Gasteiger partial charge in [0.1, 0.15) is 5.69 Å². The van der Waals surface area contributed by atoms with Crippen molar-refractivity contribution in [3.8, 4) is 0 Å². The molecule has 0 unspecified atom stereocenters. The van der Waals surface area contributed by atoms with E-state index in [1.807, 2.05) is 0 Å². The number of rotatable bonds is 5. The summed E-state index contributed by atoms with van der Waals surface area (Å²) in [6, 6.07) is 3.58. The number of anilines is 1. The Balaban J connectivity index is 2.24. The molecule has 0 fully saturated rings. The van der Waals surface area contributed by atoms with Gasteiger partial charge in [0.05, 0.1) is 34.6 Å². The molecule has 0 aliphatic carbocycles. The van der Waals surface area contributed by atoms with E-state index in [2.05, 4.69) is 15.3 Å². The van der Waals surface area contributed by atoms with Crippen LogP contribution >= 0.6 is 0 Å². The molecule has 1 aromatic heterocycles. The number of nitrogens with zero attached hydrogens (tertiary/aromatic N) is 3. The molecule has 8 heteroatoms. The second kappa shape index (κ2) is 5.95. The third kappa shape index (κ3) is 3.50. The summed E-state index contributed by atoms with van der Waals surface area (Å²) >= 11 is 0. The van der Waals surface area contributed by atoms with Gasteiger partial charge in [-0.25, -0.2) is 4.79 Å². The Morgan fingerprint density at radius 2 is 2.14 bits per heavy atom. The van der Waals surface area contributed by atoms with Crippen LogP contribution in [0.2, 0.25) is 0 Å². The average Bonchev–Trinajstić information content (AvgIpc) is 2.46. The summed E-state index contributed by atoms with van der Waals surface area (Å²) in [4.78, 5) is 29.5. The van der Waals surface area contributed by atoms with Gasteiger partial charge < -0.3 is 10.4 Å². The molecule has 0 saturated carbocycles. The zero-order valence-electron chi connectivity index (χ0n) is 11.1. The molecule has 108 valence electrons. The highest BCUT2D eigenvalue weighted by atomic mass is 16.6. The third-order valence-electron chi connectivity index (χ3n) is 2.73. The molecular weight excluding hydrogens is 276 g/mol. The molecule has 0 amide bonds. The first-order chi connectivity index (χ1) is 9.97. The smallest absolute Gasteiger partial charge is 0.335 e. The normalized spacial score (nSPS) is 10.1. The van der Waals surface area contributed by atoms with Gasteiger partial charge in [-0.15, -0.1) is 0 Å². The summed E-state index contributed by atoms with van der Waals surface area (Å²) in [5.41, 5.74) is 1.26. The Morgan fingerprint density at radius 3 is 2.71 bits per heavy atom. The van der Waals surface area contributed by atoms with E-state index in [1.165, 1.54) is 12.1 Å². The minimum atomic E-state index is -1.15.